The summed E-state index contributed by atoms with van der Waals surface area (Å²) in [5.41, 5.74) is 9.20. The summed E-state index contributed by atoms with van der Waals surface area (Å²) in [6, 6.07) is 12.5. The number of hydrogen-bond acceptors (Lipinski definition) is 7. The molecule has 0 atom stereocenters. The molecule has 2 aliphatic heterocycles. The first-order valence-electron chi connectivity index (χ1n) is 14.8. The molecule has 0 spiro atoms. The van der Waals surface area contributed by atoms with E-state index in [0.29, 0.717) is 49.8 Å². The van der Waals surface area contributed by atoms with Crippen molar-refractivity contribution in [3.05, 3.63) is 53.6 Å². The van der Waals surface area contributed by atoms with E-state index in [1.807, 2.05) is 35.2 Å². The van der Waals surface area contributed by atoms with Crippen LogP contribution in [0.1, 0.15) is 59.4 Å². The second-order valence-electron chi connectivity index (χ2n) is 12.1. The number of amides is 2. The largest absolute Gasteiger partial charge is 0.444 e. The van der Waals surface area contributed by atoms with Gasteiger partial charge in [-0.05, 0) is 69.0 Å². The maximum atomic E-state index is 13.4. The lowest BCUT2D eigenvalue weighted by atomic mass is 10.0. The number of carbonyl (C=O) groups excluding carboxylic acids is 2. The van der Waals surface area contributed by atoms with Crippen LogP contribution < -0.4 is 11.1 Å². The molecular weight excluding hydrogens is 566 g/mol. The van der Waals surface area contributed by atoms with Gasteiger partial charge in [0.15, 0.2) is 0 Å². The van der Waals surface area contributed by atoms with Crippen LogP contribution in [0.4, 0.5) is 10.5 Å². The molecule has 2 aromatic rings. The molecule has 2 amide bonds. The molecule has 2 heterocycles. The molecule has 43 heavy (non-hydrogen) atoms. The quantitative estimate of drug-likeness (QED) is 0.393. The molecule has 0 unspecified atom stereocenters. The SMILES string of the molecule is CCCN(CCC)C(=O)C1=Cc2ccc(-c3cccc(S(=O)(=O)N4CC(CNC(=O)OC(C)(C)C)C4)c3)cc2N=C(N)C1. The third-order valence-corrected chi connectivity index (χ3v) is 9.04. The summed E-state index contributed by atoms with van der Waals surface area (Å²) in [6.07, 6.45) is 3.37. The van der Waals surface area contributed by atoms with Crippen LogP contribution in [0.5, 0.6) is 0 Å². The lowest BCUT2D eigenvalue weighted by Crippen LogP contribution is -2.53. The van der Waals surface area contributed by atoms with Crippen LogP contribution in [0.15, 0.2) is 57.9 Å². The van der Waals surface area contributed by atoms with E-state index in [0.717, 1.165) is 29.5 Å². The zero-order valence-corrected chi connectivity index (χ0v) is 26.5. The lowest BCUT2D eigenvalue weighted by molar-refractivity contribution is -0.127. The van der Waals surface area contributed by atoms with Gasteiger partial charge in [-0.25, -0.2) is 18.2 Å². The molecule has 0 saturated carbocycles. The number of nitrogens with one attached hydrogen (secondary N) is 1. The number of carbonyl (C=O) groups is 2. The third-order valence-electron chi connectivity index (χ3n) is 7.21. The van der Waals surface area contributed by atoms with Crippen LogP contribution in [0.25, 0.3) is 17.2 Å². The number of aliphatic imine (C=N–C) groups is 1. The van der Waals surface area contributed by atoms with Crippen molar-refractivity contribution in [3.63, 3.8) is 0 Å². The van der Waals surface area contributed by atoms with E-state index in [2.05, 4.69) is 24.2 Å². The Morgan fingerprint density at radius 3 is 2.40 bits per heavy atom. The molecule has 3 N–H and O–H groups in total. The molecule has 232 valence electrons. The van der Waals surface area contributed by atoms with E-state index >= 15 is 0 Å². The molecule has 2 aliphatic rings. The van der Waals surface area contributed by atoms with E-state index in [-0.39, 0.29) is 23.1 Å². The van der Waals surface area contributed by atoms with Gasteiger partial charge in [-0.1, -0.05) is 38.1 Å². The van der Waals surface area contributed by atoms with E-state index in [4.69, 9.17) is 10.5 Å². The van der Waals surface area contributed by atoms with Crippen LogP contribution in [0.3, 0.4) is 0 Å². The average Bonchev–Trinajstić information content (AvgIpc) is 3.08. The second-order valence-corrected chi connectivity index (χ2v) is 14.1. The normalized spacial score (nSPS) is 15.8. The van der Waals surface area contributed by atoms with Crippen LogP contribution in [0.2, 0.25) is 0 Å². The Balaban J connectivity index is 1.49. The molecule has 0 radical (unpaired) electrons. The van der Waals surface area contributed by atoms with Crippen molar-refractivity contribution >= 4 is 39.6 Å². The van der Waals surface area contributed by atoms with E-state index in [9.17, 15) is 18.0 Å². The molecule has 0 aromatic heterocycles. The zero-order chi connectivity index (χ0) is 31.4. The number of nitrogens with two attached hydrogens (primary N) is 1. The number of alkyl carbamates (subject to hydrolysis) is 1. The summed E-state index contributed by atoms with van der Waals surface area (Å²) >= 11 is 0. The van der Waals surface area contributed by atoms with Gasteiger partial charge in [0.05, 0.1) is 10.6 Å². The average molecular weight is 610 g/mol. The van der Waals surface area contributed by atoms with Crippen molar-refractivity contribution in [1.82, 2.24) is 14.5 Å². The number of sulfonamides is 1. The van der Waals surface area contributed by atoms with Crippen molar-refractivity contribution in [2.75, 3.05) is 32.7 Å². The molecule has 11 heteroatoms. The summed E-state index contributed by atoms with van der Waals surface area (Å²) in [5.74, 6) is 0.345. The maximum absolute atomic E-state index is 13.4. The van der Waals surface area contributed by atoms with Crippen LogP contribution >= 0.6 is 0 Å². The Morgan fingerprint density at radius 2 is 1.74 bits per heavy atom. The van der Waals surface area contributed by atoms with Gasteiger partial charge in [0, 0.05) is 56.2 Å². The van der Waals surface area contributed by atoms with Gasteiger partial charge < -0.3 is 20.7 Å². The molecule has 4 rings (SSSR count). The summed E-state index contributed by atoms with van der Waals surface area (Å²) in [4.78, 5) is 31.9. The fourth-order valence-electron chi connectivity index (χ4n) is 5.14. The first kappa shape index (κ1) is 32.2. The van der Waals surface area contributed by atoms with Gasteiger partial charge in [-0.15, -0.1) is 0 Å². The Hall–Kier alpha value is -3.70. The molecule has 1 fully saturated rings. The predicted molar refractivity (Wildman–Crippen MR) is 169 cm³/mol. The van der Waals surface area contributed by atoms with Crippen molar-refractivity contribution in [2.45, 2.75) is 64.4 Å². The number of amidine groups is 1. The third kappa shape index (κ3) is 8.03. The highest BCUT2D eigenvalue weighted by Crippen LogP contribution is 2.34. The van der Waals surface area contributed by atoms with Crippen LogP contribution in [-0.4, -0.2) is 73.8 Å². The second kappa shape index (κ2) is 13.3. The van der Waals surface area contributed by atoms with Crippen molar-refractivity contribution in [3.8, 4) is 11.1 Å². The predicted octanol–water partition coefficient (Wildman–Crippen LogP) is 4.92. The molecule has 10 nitrogen and oxygen atoms in total. The molecule has 0 bridgehead atoms. The van der Waals surface area contributed by atoms with Crippen molar-refractivity contribution in [1.29, 1.82) is 0 Å². The van der Waals surface area contributed by atoms with E-state index in [1.54, 1.807) is 39.0 Å². The fraction of sp³-hybridized carbons (Fsp3) is 0.469. The van der Waals surface area contributed by atoms with Gasteiger partial charge in [0.2, 0.25) is 15.9 Å². The summed E-state index contributed by atoms with van der Waals surface area (Å²) in [5, 5.41) is 2.71. The fourth-order valence-corrected chi connectivity index (χ4v) is 6.78. The van der Waals surface area contributed by atoms with Gasteiger partial charge in [-0.2, -0.15) is 4.31 Å². The Bertz CT molecular complexity index is 1510. The van der Waals surface area contributed by atoms with Crippen molar-refractivity contribution in [2.24, 2.45) is 16.6 Å². The Labute approximate surface area is 255 Å². The summed E-state index contributed by atoms with van der Waals surface area (Å²) < 4.78 is 33.4. The minimum atomic E-state index is -3.71. The zero-order valence-electron chi connectivity index (χ0n) is 25.7. The molecule has 0 aliphatic carbocycles. The Kier molecular flexibility index (Phi) is 9.96. The van der Waals surface area contributed by atoms with Gasteiger partial charge >= 0.3 is 6.09 Å². The lowest BCUT2D eigenvalue weighted by Gasteiger charge is -2.38. The van der Waals surface area contributed by atoms with Gasteiger partial charge in [-0.3, -0.25) is 4.79 Å². The first-order chi connectivity index (χ1) is 20.3. The van der Waals surface area contributed by atoms with E-state index < -0.39 is 21.7 Å². The number of fused-ring (bicyclic) bond motifs is 1. The summed E-state index contributed by atoms with van der Waals surface area (Å²) in [6.45, 7) is 11.8. The van der Waals surface area contributed by atoms with Crippen molar-refractivity contribution < 1.29 is 22.7 Å². The number of benzene rings is 2. The highest BCUT2D eigenvalue weighted by Gasteiger charge is 2.37. The van der Waals surface area contributed by atoms with Gasteiger partial charge in [0.1, 0.15) is 11.4 Å². The van der Waals surface area contributed by atoms with Gasteiger partial charge in [0.25, 0.3) is 0 Å². The molecule has 2 aromatic carbocycles. The molecule has 1 saturated heterocycles. The Morgan fingerprint density at radius 1 is 1.07 bits per heavy atom. The monoisotopic (exact) mass is 609 g/mol. The highest BCUT2D eigenvalue weighted by atomic mass is 32.2. The topological polar surface area (TPSA) is 134 Å². The van der Waals surface area contributed by atoms with E-state index in [1.165, 1.54) is 4.31 Å². The van der Waals surface area contributed by atoms with Crippen LogP contribution in [-0.2, 0) is 19.6 Å². The molecular formula is C32H43N5O5S. The smallest absolute Gasteiger partial charge is 0.407 e. The number of hydrogen-bond donors (Lipinski definition) is 2. The summed E-state index contributed by atoms with van der Waals surface area (Å²) in [7, 11) is -3.71. The maximum Gasteiger partial charge on any atom is 0.407 e. The number of ether oxygens (including phenoxy) is 1. The highest BCUT2D eigenvalue weighted by molar-refractivity contribution is 7.89. The first-order valence-corrected chi connectivity index (χ1v) is 16.3. The minimum Gasteiger partial charge on any atom is -0.444 e. The number of rotatable bonds is 10. The standard InChI is InChI=1S/C32H43N5O5S/c1-6-13-36(14-7-2)30(38)26-15-25-12-11-24(17-28(25)35-29(33)18-26)23-9-8-10-27(16-23)43(40,41)37-20-22(21-37)19-34-31(39)42-32(3,4)5/h8-12,15-17,22H,6-7,13-14,18-21H2,1-5H3,(H2,33,35)(H,34,39). The number of nitrogens with zero attached hydrogens (tertiary/aromatic N) is 3. The minimum absolute atomic E-state index is 0.0132. The van der Waals surface area contributed by atoms with Crippen LogP contribution in [0, 0.1) is 5.92 Å².